The summed E-state index contributed by atoms with van der Waals surface area (Å²) in [6.45, 7) is 24.9. The molecule has 2 amide bonds. The monoisotopic (exact) mass is 1060 g/mol. The maximum Gasteiger partial charge on any atom is 0.264 e. The van der Waals surface area contributed by atoms with Gasteiger partial charge in [0.05, 0.1) is 43.8 Å². The van der Waals surface area contributed by atoms with Crippen LogP contribution < -0.4 is 5.32 Å². The molecule has 426 valence electrons. The van der Waals surface area contributed by atoms with Crippen molar-refractivity contribution >= 4 is 23.3 Å². The Kier molecular flexibility index (Phi) is 13.0. The lowest BCUT2D eigenvalue weighted by atomic mass is 9.42. The van der Waals surface area contributed by atoms with Crippen molar-refractivity contribution in [2.75, 3.05) is 26.4 Å². The molecular weight excluding hydrogens is 963 g/mol. The standard InChI is InChI=1S/C62H97N3O11/c1-34-12-22-61(72-31-34)36(3)52-46(75-61)26-44-40-24-48(59(70)29-39(66)15-21-57(59,10)42(40)16-18-55(44,52)8)64-74-33-51(69)65(30-50(68)63-54(5,6)7)38-14-20-58(11)43-17-19-56(9)45(41(43)25-49(67)60(58,71)28-38)27-47-53(56)37(4)62(76-47)23-13-35(2)32-73-62/h34-47,52-53,66,70-71H,12-33H2,1-11H3,(H,63,68)/b64-48-/t34-,35-,36+,37+,38-,39+,40-,41-,42+,43+,44+,45+,46+,47+,52+,53+,55+,56+,57-,58-,59+,60+,61-,62-/m1/s1. The van der Waals surface area contributed by atoms with Gasteiger partial charge in [0.2, 0.25) is 5.91 Å². The van der Waals surface area contributed by atoms with Gasteiger partial charge in [-0.1, -0.05) is 60.5 Å². The van der Waals surface area contributed by atoms with Crippen molar-refractivity contribution in [2.24, 2.45) is 97.8 Å². The summed E-state index contributed by atoms with van der Waals surface area (Å²) >= 11 is 0. The normalized spacial score (nSPS) is 54.7. The Labute approximate surface area is 454 Å². The van der Waals surface area contributed by atoms with E-state index in [0.717, 1.165) is 77.4 Å². The van der Waals surface area contributed by atoms with Gasteiger partial charge in [0.25, 0.3) is 5.91 Å². The third kappa shape index (κ3) is 7.80. The molecule has 0 bridgehead atoms. The molecule has 8 saturated carbocycles. The summed E-state index contributed by atoms with van der Waals surface area (Å²) in [6, 6.07) is -0.597. The van der Waals surface area contributed by atoms with Crippen molar-refractivity contribution < 1.29 is 53.5 Å². The quantitative estimate of drug-likeness (QED) is 0.187. The number of oxime groups is 1. The molecule has 12 fully saturated rings. The predicted octanol–water partition coefficient (Wildman–Crippen LogP) is 8.74. The average molecular weight is 1060 g/mol. The molecule has 0 aromatic rings. The van der Waals surface area contributed by atoms with E-state index in [4.69, 9.17) is 28.9 Å². The Hall–Kier alpha value is -2.20. The van der Waals surface area contributed by atoms with Gasteiger partial charge < -0.3 is 49.3 Å². The first-order valence-electron chi connectivity index (χ1n) is 30.7. The molecule has 4 N–H and O–H groups in total. The van der Waals surface area contributed by atoms with Crippen LogP contribution in [0, 0.1) is 92.7 Å². The smallest absolute Gasteiger partial charge is 0.264 e. The Morgan fingerprint density at radius 1 is 0.697 bits per heavy atom. The van der Waals surface area contributed by atoms with Gasteiger partial charge in [-0.25, -0.2) is 0 Å². The maximum atomic E-state index is 14.9. The molecule has 0 aromatic carbocycles. The van der Waals surface area contributed by atoms with Crippen LogP contribution in [0.15, 0.2) is 5.16 Å². The minimum absolute atomic E-state index is 0.00910. The number of fused-ring (bicyclic) bond motifs is 14. The zero-order valence-electron chi connectivity index (χ0n) is 48.3. The number of nitrogens with one attached hydrogen (secondary N) is 1. The molecule has 8 aliphatic carbocycles. The predicted molar refractivity (Wildman–Crippen MR) is 285 cm³/mol. The zero-order chi connectivity index (χ0) is 54.1. The van der Waals surface area contributed by atoms with E-state index in [9.17, 15) is 29.7 Å². The molecule has 4 saturated heterocycles. The third-order valence-electron chi connectivity index (χ3n) is 25.7. The van der Waals surface area contributed by atoms with Crippen LogP contribution in [-0.4, -0.2) is 123 Å². The summed E-state index contributed by atoms with van der Waals surface area (Å²) in [6.07, 6.45) is 12.8. The van der Waals surface area contributed by atoms with E-state index >= 15 is 0 Å². The summed E-state index contributed by atoms with van der Waals surface area (Å²) in [7, 11) is 0. The summed E-state index contributed by atoms with van der Waals surface area (Å²) in [5.41, 5.74) is -4.39. The number of aliphatic hydroxyl groups excluding tert-OH is 1. The molecule has 14 nitrogen and oxygen atoms in total. The number of ketones is 1. The number of ether oxygens (including phenoxy) is 4. The molecule has 0 radical (unpaired) electrons. The SMILES string of the molecule is C[C@@H]1CC[C@@]2(OC1)O[C@H]1C[C@H]3[C@@H]4CC(=O)[C@@]5(O)C[C@H](N(CC(=O)NC(C)(C)C)C(=O)CO/N=C6/C[C@H]7[C@@H]8C[C@@H]9O[C@]%10(CC[C@@H](C)CO%10)[C@@H](C)[C@@H]9[C@@]8(C)CC[C@@H]7[C@@]7(C)CC[C@H](O)C[C@]67O)CC[C@]5(C)[C@H]4CC[C@]3(C)[C@H]1[C@@H]2C. The van der Waals surface area contributed by atoms with Gasteiger partial charge in [0.1, 0.15) is 11.2 Å². The van der Waals surface area contributed by atoms with Crippen molar-refractivity contribution in [3.8, 4) is 0 Å². The van der Waals surface area contributed by atoms with Crippen LogP contribution in [0.4, 0.5) is 0 Å². The van der Waals surface area contributed by atoms with Crippen LogP contribution in [0.5, 0.6) is 0 Å². The van der Waals surface area contributed by atoms with Gasteiger partial charge in [-0.15, -0.1) is 0 Å². The lowest BCUT2D eigenvalue weighted by Gasteiger charge is -2.64. The van der Waals surface area contributed by atoms with Crippen LogP contribution >= 0.6 is 0 Å². The second kappa shape index (κ2) is 18.1. The highest BCUT2D eigenvalue weighted by atomic mass is 16.7. The fraction of sp³-hybridized carbons (Fsp3) is 0.935. The molecule has 0 aromatic heterocycles. The molecule has 4 heterocycles. The molecule has 76 heavy (non-hydrogen) atoms. The number of aliphatic hydroxyl groups is 3. The number of carbonyl (C=O) groups is 3. The summed E-state index contributed by atoms with van der Waals surface area (Å²) in [5, 5.41) is 45.2. The van der Waals surface area contributed by atoms with Gasteiger partial charge in [-0.05, 0) is 174 Å². The van der Waals surface area contributed by atoms with Crippen molar-refractivity contribution in [3.05, 3.63) is 0 Å². The molecule has 4 aliphatic heterocycles. The highest BCUT2D eigenvalue weighted by Crippen LogP contribution is 2.74. The molecular formula is C62H97N3O11. The third-order valence-corrected chi connectivity index (χ3v) is 25.7. The Morgan fingerprint density at radius 3 is 1.75 bits per heavy atom. The first-order valence-corrected chi connectivity index (χ1v) is 30.7. The van der Waals surface area contributed by atoms with E-state index in [2.05, 4.69) is 60.7 Å². The van der Waals surface area contributed by atoms with E-state index in [1.54, 1.807) is 0 Å². The number of hydrogen-bond acceptors (Lipinski definition) is 12. The number of rotatable bonds is 6. The summed E-state index contributed by atoms with van der Waals surface area (Å²) in [4.78, 5) is 51.4. The molecule has 24 atom stereocenters. The maximum absolute atomic E-state index is 14.9. The number of carbonyl (C=O) groups excluding carboxylic acids is 3. The highest BCUT2D eigenvalue weighted by Gasteiger charge is 2.74. The van der Waals surface area contributed by atoms with Crippen molar-refractivity contribution in [1.82, 2.24) is 10.2 Å². The number of nitrogens with zero attached hydrogens (tertiary/aromatic N) is 2. The molecule has 12 aliphatic rings. The molecule has 2 spiro atoms. The number of hydrogen-bond donors (Lipinski definition) is 4. The van der Waals surface area contributed by atoms with E-state index in [0.29, 0.717) is 79.7 Å². The molecule has 0 unspecified atom stereocenters. The van der Waals surface area contributed by atoms with Crippen LogP contribution in [0.2, 0.25) is 0 Å². The van der Waals surface area contributed by atoms with Gasteiger partial charge >= 0.3 is 0 Å². The van der Waals surface area contributed by atoms with E-state index < -0.39 is 63.8 Å². The van der Waals surface area contributed by atoms with Crippen LogP contribution in [0.3, 0.4) is 0 Å². The van der Waals surface area contributed by atoms with E-state index in [-0.39, 0.29) is 89.6 Å². The van der Waals surface area contributed by atoms with E-state index in [1.165, 1.54) is 4.90 Å². The van der Waals surface area contributed by atoms with Crippen molar-refractivity contribution in [3.63, 3.8) is 0 Å². The number of amides is 2. The van der Waals surface area contributed by atoms with Crippen LogP contribution in [0.1, 0.15) is 192 Å². The topological polar surface area (TPSA) is 186 Å². The molecule has 14 heteroatoms. The second-order valence-electron chi connectivity index (χ2n) is 30.6. The lowest BCUT2D eigenvalue weighted by Crippen LogP contribution is -2.69. The van der Waals surface area contributed by atoms with Gasteiger partial charge in [0, 0.05) is 66.4 Å². The van der Waals surface area contributed by atoms with Crippen LogP contribution in [0.25, 0.3) is 0 Å². The fourth-order valence-electron chi connectivity index (χ4n) is 21.8. The Bertz CT molecular complexity index is 2340. The number of Topliss-reactive ketones (excluding diaryl/α,β-unsaturated/α-hetero) is 1. The minimum atomic E-state index is -1.67. The first-order chi connectivity index (χ1) is 35.6. The fourth-order valence-corrected chi connectivity index (χ4v) is 21.8. The zero-order valence-corrected chi connectivity index (χ0v) is 48.3. The summed E-state index contributed by atoms with van der Waals surface area (Å²) < 4.78 is 27.3. The van der Waals surface area contributed by atoms with E-state index in [1.807, 2.05) is 20.8 Å². The van der Waals surface area contributed by atoms with Crippen molar-refractivity contribution in [2.45, 2.75) is 244 Å². The Balaban J connectivity index is 0.774. The summed E-state index contributed by atoms with van der Waals surface area (Å²) in [5.74, 6) is 1.71. The van der Waals surface area contributed by atoms with Crippen LogP contribution in [-0.2, 0) is 38.2 Å². The van der Waals surface area contributed by atoms with Gasteiger partial charge in [-0.3, -0.25) is 14.4 Å². The minimum Gasteiger partial charge on any atom is -0.393 e. The average Bonchev–Trinajstić information content (AvgIpc) is 4.03. The first kappa shape index (κ1) is 54.4. The van der Waals surface area contributed by atoms with Gasteiger partial charge in [0.15, 0.2) is 24.0 Å². The second-order valence-corrected chi connectivity index (χ2v) is 30.6. The van der Waals surface area contributed by atoms with Gasteiger partial charge in [-0.2, -0.15) is 0 Å². The highest BCUT2D eigenvalue weighted by molar-refractivity contribution is 5.95. The molecule has 12 rings (SSSR count). The largest absolute Gasteiger partial charge is 0.393 e. The lowest BCUT2D eigenvalue weighted by molar-refractivity contribution is -0.273. The van der Waals surface area contributed by atoms with Crippen molar-refractivity contribution in [1.29, 1.82) is 0 Å². The Morgan fingerprint density at radius 2 is 1.22 bits per heavy atom.